The fraction of sp³-hybridized carbons (Fsp3) is 0.400. The molecule has 0 aliphatic heterocycles. The number of carbonyl (C=O) groups is 1. The number of amides is 1. The molecule has 2 rings (SSSR count). The van der Waals surface area contributed by atoms with Gasteiger partial charge in [0, 0.05) is 20.1 Å². The van der Waals surface area contributed by atoms with Gasteiger partial charge in [0.05, 0.1) is 0 Å². The minimum Gasteiger partial charge on any atom is -0.465 e. The van der Waals surface area contributed by atoms with Crippen LogP contribution in [-0.2, 0) is 0 Å². The zero-order chi connectivity index (χ0) is 13.8. The van der Waals surface area contributed by atoms with Crippen LogP contribution in [0.15, 0.2) is 11.1 Å². The van der Waals surface area contributed by atoms with Gasteiger partial charge < -0.3 is 20.3 Å². The number of H-pyrrole nitrogens is 2. The summed E-state index contributed by atoms with van der Waals surface area (Å²) in [6.45, 7) is 0.956. The number of imidazole rings is 1. The lowest BCUT2D eigenvalue weighted by atomic mass is 10.4. The summed E-state index contributed by atoms with van der Waals surface area (Å²) in [7, 11) is 1.51. The van der Waals surface area contributed by atoms with E-state index in [4.69, 9.17) is 5.11 Å². The average Bonchev–Trinajstić information content (AvgIpc) is 2.75. The number of aromatic nitrogens is 4. The molecule has 1 amide bonds. The Morgan fingerprint density at radius 1 is 1.47 bits per heavy atom. The molecule has 0 saturated carbocycles. The topological polar surface area (TPSA) is 127 Å². The van der Waals surface area contributed by atoms with Gasteiger partial charge in [0.25, 0.3) is 0 Å². The second kappa shape index (κ2) is 5.38. The molecule has 0 aliphatic carbocycles. The van der Waals surface area contributed by atoms with Crippen molar-refractivity contribution in [3.8, 4) is 0 Å². The standard InChI is InChI=1S/C10H14N6O3/c1-16(10(18)19)4-2-3-11-7-6-8(13-5-12-7)15-9(17)14-6/h5H,2-4H2,1H3,(H,18,19)(H3,11,12,13,14,15,17). The molecule has 0 aliphatic rings. The van der Waals surface area contributed by atoms with E-state index < -0.39 is 6.09 Å². The fourth-order valence-corrected chi connectivity index (χ4v) is 1.60. The van der Waals surface area contributed by atoms with Crippen LogP contribution >= 0.6 is 0 Å². The van der Waals surface area contributed by atoms with Gasteiger partial charge in [-0.25, -0.2) is 19.6 Å². The first-order chi connectivity index (χ1) is 9.08. The quantitative estimate of drug-likeness (QED) is 0.567. The lowest BCUT2D eigenvalue weighted by Gasteiger charge is -2.12. The molecular weight excluding hydrogens is 252 g/mol. The van der Waals surface area contributed by atoms with Crippen LogP contribution in [-0.4, -0.2) is 56.2 Å². The molecule has 0 atom stereocenters. The van der Waals surface area contributed by atoms with Crippen molar-refractivity contribution in [1.29, 1.82) is 0 Å². The Bertz CT molecular complexity index is 633. The lowest BCUT2D eigenvalue weighted by molar-refractivity contribution is 0.156. The number of anilines is 1. The summed E-state index contributed by atoms with van der Waals surface area (Å²) in [6, 6.07) is 0. The van der Waals surface area contributed by atoms with Gasteiger partial charge >= 0.3 is 11.8 Å². The third kappa shape index (κ3) is 3.00. The average molecular weight is 266 g/mol. The monoisotopic (exact) mass is 266 g/mol. The van der Waals surface area contributed by atoms with Gasteiger partial charge in [-0.15, -0.1) is 0 Å². The molecule has 0 saturated heterocycles. The molecule has 2 aromatic heterocycles. The van der Waals surface area contributed by atoms with Gasteiger partial charge in [0.1, 0.15) is 11.8 Å². The zero-order valence-electron chi connectivity index (χ0n) is 10.3. The highest BCUT2D eigenvalue weighted by molar-refractivity contribution is 5.81. The van der Waals surface area contributed by atoms with Crippen molar-refractivity contribution >= 4 is 23.1 Å². The van der Waals surface area contributed by atoms with E-state index >= 15 is 0 Å². The molecule has 9 nitrogen and oxygen atoms in total. The fourth-order valence-electron chi connectivity index (χ4n) is 1.60. The van der Waals surface area contributed by atoms with Crippen molar-refractivity contribution in [3.63, 3.8) is 0 Å². The highest BCUT2D eigenvalue weighted by Crippen LogP contribution is 2.12. The summed E-state index contributed by atoms with van der Waals surface area (Å²) in [6.07, 6.45) is 1.01. The smallest absolute Gasteiger partial charge is 0.407 e. The summed E-state index contributed by atoms with van der Waals surface area (Å²) in [5, 5.41) is 11.7. The molecule has 2 aromatic rings. The first kappa shape index (κ1) is 12.9. The molecule has 9 heteroatoms. The third-order valence-corrected chi connectivity index (χ3v) is 2.61. The highest BCUT2D eigenvalue weighted by Gasteiger charge is 2.07. The molecule has 0 bridgehead atoms. The van der Waals surface area contributed by atoms with Gasteiger partial charge in [-0.3, -0.25) is 4.98 Å². The van der Waals surface area contributed by atoms with Crippen molar-refractivity contribution in [1.82, 2.24) is 24.8 Å². The Balaban J connectivity index is 1.95. The molecule has 0 unspecified atom stereocenters. The van der Waals surface area contributed by atoms with Gasteiger partial charge in [-0.2, -0.15) is 0 Å². The SMILES string of the molecule is CN(CCCNc1ncnc2[nH]c(=O)[nH]c12)C(=O)O. The highest BCUT2D eigenvalue weighted by atomic mass is 16.4. The molecule has 0 radical (unpaired) electrons. The summed E-state index contributed by atoms with van der Waals surface area (Å²) in [4.78, 5) is 36.0. The van der Waals surface area contributed by atoms with Crippen LogP contribution in [0.3, 0.4) is 0 Å². The van der Waals surface area contributed by atoms with Gasteiger partial charge in [0.2, 0.25) is 0 Å². The first-order valence-electron chi connectivity index (χ1n) is 5.69. The van der Waals surface area contributed by atoms with Crippen molar-refractivity contribution in [2.24, 2.45) is 0 Å². The van der Waals surface area contributed by atoms with E-state index in [1.807, 2.05) is 0 Å². The van der Waals surface area contributed by atoms with Crippen LogP contribution in [0.4, 0.5) is 10.6 Å². The number of hydrogen-bond acceptors (Lipinski definition) is 5. The van der Waals surface area contributed by atoms with Gasteiger partial charge in [-0.05, 0) is 6.42 Å². The Labute approximate surface area is 107 Å². The van der Waals surface area contributed by atoms with Crippen LogP contribution in [0, 0.1) is 0 Å². The molecule has 2 heterocycles. The number of carboxylic acid groups (broad SMARTS) is 1. The molecule has 0 aromatic carbocycles. The number of rotatable bonds is 5. The molecule has 4 N–H and O–H groups in total. The first-order valence-corrected chi connectivity index (χ1v) is 5.69. The molecular formula is C10H14N6O3. The van der Waals surface area contributed by atoms with Crippen molar-refractivity contribution in [2.45, 2.75) is 6.42 Å². The van der Waals surface area contributed by atoms with E-state index in [9.17, 15) is 9.59 Å². The number of fused-ring (bicyclic) bond motifs is 1. The van der Waals surface area contributed by atoms with Crippen LogP contribution in [0.2, 0.25) is 0 Å². The Morgan fingerprint density at radius 2 is 2.26 bits per heavy atom. The van der Waals surface area contributed by atoms with Crippen molar-refractivity contribution in [2.75, 3.05) is 25.5 Å². The second-order valence-corrected chi connectivity index (χ2v) is 4.01. The Hall–Kier alpha value is -2.58. The van der Waals surface area contributed by atoms with Crippen LogP contribution < -0.4 is 11.0 Å². The summed E-state index contributed by atoms with van der Waals surface area (Å²) >= 11 is 0. The van der Waals surface area contributed by atoms with Gasteiger partial charge in [0.15, 0.2) is 11.5 Å². The van der Waals surface area contributed by atoms with E-state index in [1.165, 1.54) is 18.3 Å². The van der Waals surface area contributed by atoms with Crippen LogP contribution in [0.1, 0.15) is 6.42 Å². The molecule has 0 fully saturated rings. The van der Waals surface area contributed by atoms with Crippen LogP contribution in [0.5, 0.6) is 0 Å². The summed E-state index contributed by atoms with van der Waals surface area (Å²) < 4.78 is 0. The minimum absolute atomic E-state index is 0.343. The lowest BCUT2D eigenvalue weighted by Crippen LogP contribution is -2.27. The molecule has 0 spiro atoms. The van der Waals surface area contributed by atoms with Crippen LogP contribution in [0.25, 0.3) is 11.2 Å². The van der Waals surface area contributed by atoms with E-state index in [1.54, 1.807) is 0 Å². The number of nitrogens with one attached hydrogen (secondary N) is 3. The van der Waals surface area contributed by atoms with E-state index in [0.29, 0.717) is 36.5 Å². The predicted molar refractivity (Wildman–Crippen MR) is 68.3 cm³/mol. The second-order valence-electron chi connectivity index (χ2n) is 4.01. The Kier molecular flexibility index (Phi) is 3.64. The maximum absolute atomic E-state index is 11.2. The van der Waals surface area contributed by atoms with Gasteiger partial charge in [-0.1, -0.05) is 0 Å². The maximum atomic E-state index is 11.2. The van der Waals surface area contributed by atoms with E-state index in [-0.39, 0.29) is 5.69 Å². The van der Waals surface area contributed by atoms with Crippen molar-refractivity contribution < 1.29 is 9.90 Å². The molecule has 102 valence electrons. The Morgan fingerprint density at radius 3 is 3.00 bits per heavy atom. The van der Waals surface area contributed by atoms with Crippen molar-refractivity contribution in [3.05, 3.63) is 16.8 Å². The summed E-state index contributed by atoms with van der Waals surface area (Å²) in [5.74, 6) is 0.515. The maximum Gasteiger partial charge on any atom is 0.407 e. The number of nitrogens with zero attached hydrogens (tertiary/aromatic N) is 3. The minimum atomic E-state index is -0.959. The zero-order valence-corrected chi connectivity index (χ0v) is 10.3. The van der Waals surface area contributed by atoms with E-state index in [0.717, 1.165) is 0 Å². The summed E-state index contributed by atoms with van der Waals surface area (Å²) in [5.41, 5.74) is 0.605. The van der Waals surface area contributed by atoms with E-state index in [2.05, 4.69) is 25.3 Å². The molecule has 19 heavy (non-hydrogen) atoms. The normalized spacial score (nSPS) is 10.6. The number of hydrogen-bond donors (Lipinski definition) is 4. The third-order valence-electron chi connectivity index (χ3n) is 2.61. The largest absolute Gasteiger partial charge is 0.465 e. The number of aromatic amines is 2. The predicted octanol–water partition coefficient (Wildman–Crippen LogP) is 0.0580.